The van der Waals surface area contributed by atoms with Crippen molar-refractivity contribution in [1.82, 2.24) is 0 Å². The second-order valence-corrected chi connectivity index (χ2v) is 14.0. The average Bonchev–Trinajstić information content (AvgIpc) is 3.20. The molecule has 1 heterocycles. The van der Waals surface area contributed by atoms with E-state index in [4.69, 9.17) is 4.74 Å². The number of aliphatic hydroxyl groups is 2. The summed E-state index contributed by atoms with van der Waals surface area (Å²) in [4.78, 5) is 0. The van der Waals surface area contributed by atoms with Crippen LogP contribution in [-0.2, 0) is 4.74 Å². The van der Waals surface area contributed by atoms with Crippen LogP contribution in [0.4, 0.5) is 0 Å². The fraction of sp³-hybridized carbons (Fsp3) is 0.867. The molecule has 0 aromatic rings. The van der Waals surface area contributed by atoms with E-state index in [0.29, 0.717) is 23.2 Å². The van der Waals surface area contributed by atoms with Crippen LogP contribution in [0.5, 0.6) is 0 Å². The molecule has 0 aromatic carbocycles. The van der Waals surface area contributed by atoms with Crippen LogP contribution in [0.15, 0.2) is 23.3 Å². The molecule has 3 saturated carbocycles. The van der Waals surface area contributed by atoms with Gasteiger partial charge < -0.3 is 14.9 Å². The maximum atomic E-state index is 10.9. The van der Waals surface area contributed by atoms with E-state index in [2.05, 4.69) is 60.6 Å². The summed E-state index contributed by atoms with van der Waals surface area (Å²) in [6.07, 6.45) is 13.2. The van der Waals surface area contributed by atoms with Gasteiger partial charge in [-0.25, -0.2) is 0 Å². The monoisotopic (exact) mass is 456 g/mol. The second kappa shape index (κ2) is 7.68. The van der Waals surface area contributed by atoms with Gasteiger partial charge in [-0.15, -0.1) is 0 Å². The van der Waals surface area contributed by atoms with E-state index in [0.717, 1.165) is 25.7 Å². The summed E-state index contributed by atoms with van der Waals surface area (Å²) in [6.45, 7) is 16.5. The molecule has 5 rings (SSSR count). The normalized spacial score (nSPS) is 53.0. The van der Waals surface area contributed by atoms with Gasteiger partial charge in [0.25, 0.3) is 0 Å². The fourth-order valence-electron chi connectivity index (χ4n) is 9.99. The molecule has 1 aliphatic heterocycles. The molecule has 0 aromatic heterocycles. The zero-order valence-electron chi connectivity index (χ0n) is 22.2. The minimum Gasteiger partial charge on any atom is -0.393 e. The highest BCUT2D eigenvalue weighted by Crippen LogP contribution is 2.73. The molecule has 4 fully saturated rings. The summed E-state index contributed by atoms with van der Waals surface area (Å²) in [5.74, 6) is 1.96. The minimum atomic E-state index is -0.629. The SMILES string of the molecule is CC(C)=CC1CC(C2CCC3(C)C4=CCC5C(C)(C)C(O)CCC5(C)C4CCC23C)C(O)O1. The molecule has 2 N–H and O–H groups in total. The molecule has 3 heteroatoms. The summed E-state index contributed by atoms with van der Waals surface area (Å²) >= 11 is 0. The molecule has 0 radical (unpaired) electrons. The lowest BCUT2D eigenvalue weighted by atomic mass is 9.41. The molecule has 33 heavy (non-hydrogen) atoms. The first-order chi connectivity index (χ1) is 15.3. The molecule has 1 saturated heterocycles. The van der Waals surface area contributed by atoms with Crippen molar-refractivity contribution in [2.45, 2.75) is 118 Å². The first-order valence-corrected chi connectivity index (χ1v) is 13.7. The van der Waals surface area contributed by atoms with E-state index in [1.807, 2.05) is 0 Å². The number of hydrogen-bond acceptors (Lipinski definition) is 3. The van der Waals surface area contributed by atoms with E-state index in [1.165, 1.54) is 31.3 Å². The lowest BCUT2D eigenvalue weighted by Crippen LogP contribution is -2.58. The maximum absolute atomic E-state index is 10.9. The number of hydrogen-bond donors (Lipinski definition) is 2. The Morgan fingerprint density at radius 2 is 1.73 bits per heavy atom. The van der Waals surface area contributed by atoms with Crippen LogP contribution in [0.1, 0.15) is 99.8 Å². The molecule has 10 unspecified atom stereocenters. The van der Waals surface area contributed by atoms with Gasteiger partial charge in [0, 0.05) is 5.92 Å². The topological polar surface area (TPSA) is 49.7 Å². The highest BCUT2D eigenvalue weighted by molar-refractivity contribution is 5.33. The largest absolute Gasteiger partial charge is 0.393 e. The Morgan fingerprint density at radius 3 is 2.42 bits per heavy atom. The predicted octanol–water partition coefficient (Wildman–Crippen LogP) is 6.64. The number of aliphatic hydroxyl groups excluding tert-OH is 2. The van der Waals surface area contributed by atoms with E-state index in [1.54, 1.807) is 5.57 Å². The number of rotatable bonds is 2. The lowest BCUT2D eigenvalue weighted by molar-refractivity contribution is -0.140. The van der Waals surface area contributed by atoms with Gasteiger partial charge in [0.2, 0.25) is 0 Å². The highest BCUT2D eigenvalue weighted by atomic mass is 16.6. The molecule has 0 bridgehead atoms. The van der Waals surface area contributed by atoms with Crippen molar-refractivity contribution in [2.24, 2.45) is 45.3 Å². The summed E-state index contributed by atoms with van der Waals surface area (Å²) in [7, 11) is 0. The lowest BCUT2D eigenvalue weighted by Gasteiger charge is -2.64. The zero-order chi connectivity index (χ0) is 24.0. The Hall–Kier alpha value is -0.640. The second-order valence-electron chi connectivity index (χ2n) is 14.0. The zero-order valence-corrected chi connectivity index (χ0v) is 22.2. The van der Waals surface area contributed by atoms with Crippen molar-refractivity contribution in [3.8, 4) is 0 Å². The van der Waals surface area contributed by atoms with Crippen molar-refractivity contribution < 1.29 is 14.9 Å². The predicted molar refractivity (Wildman–Crippen MR) is 133 cm³/mol. The quantitative estimate of drug-likeness (QED) is 0.458. The molecule has 10 atom stereocenters. The summed E-state index contributed by atoms with van der Waals surface area (Å²) in [6, 6.07) is 0. The third kappa shape index (κ3) is 3.24. The van der Waals surface area contributed by atoms with Crippen LogP contribution in [0.2, 0.25) is 0 Å². The van der Waals surface area contributed by atoms with Crippen molar-refractivity contribution in [2.75, 3.05) is 0 Å². The van der Waals surface area contributed by atoms with Crippen LogP contribution in [0, 0.1) is 45.3 Å². The Bertz CT molecular complexity index is 853. The standard InChI is InChI=1S/C30H48O3/c1-18(2)16-19-17-20(26(32)33-19)21-10-14-30(7)23-8-9-24-27(3,4)25(31)12-13-28(24,5)22(23)11-15-29(21,30)6/h8,16,19-22,24-26,31-32H,9-15,17H2,1-7H3. The number of fused-ring (bicyclic) bond motifs is 5. The maximum Gasteiger partial charge on any atom is 0.158 e. The Labute approximate surface area is 202 Å². The van der Waals surface area contributed by atoms with Crippen LogP contribution in [-0.4, -0.2) is 28.7 Å². The van der Waals surface area contributed by atoms with Crippen LogP contribution < -0.4 is 0 Å². The van der Waals surface area contributed by atoms with Gasteiger partial charge in [-0.2, -0.15) is 0 Å². The molecule has 4 aliphatic carbocycles. The van der Waals surface area contributed by atoms with Crippen molar-refractivity contribution >= 4 is 0 Å². The van der Waals surface area contributed by atoms with Crippen molar-refractivity contribution in [3.05, 3.63) is 23.3 Å². The Balaban J connectivity index is 1.46. The van der Waals surface area contributed by atoms with Gasteiger partial charge >= 0.3 is 0 Å². The van der Waals surface area contributed by atoms with E-state index in [-0.39, 0.29) is 34.4 Å². The summed E-state index contributed by atoms with van der Waals surface area (Å²) < 4.78 is 6.02. The first kappa shape index (κ1) is 24.1. The minimum absolute atomic E-state index is 0.0138. The third-order valence-electron chi connectivity index (χ3n) is 12.1. The molecular weight excluding hydrogens is 408 g/mol. The van der Waals surface area contributed by atoms with E-state index >= 15 is 0 Å². The summed E-state index contributed by atoms with van der Waals surface area (Å²) in [5.41, 5.74) is 3.71. The smallest absolute Gasteiger partial charge is 0.158 e. The number of ether oxygens (including phenoxy) is 1. The van der Waals surface area contributed by atoms with Gasteiger partial charge in [0.05, 0.1) is 12.2 Å². The fourth-order valence-corrected chi connectivity index (χ4v) is 9.99. The molecule has 3 nitrogen and oxygen atoms in total. The van der Waals surface area contributed by atoms with Gasteiger partial charge in [-0.1, -0.05) is 57.9 Å². The van der Waals surface area contributed by atoms with Crippen LogP contribution >= 0.6 is 0 Å². The Morgan fingerprint density at radius 1 is 1.00 bits per heavy atom. The molecular formula is C30H48O3. The van der Waals surface area contributed by atoms with E-state index in [9.17, 15) is 10.2 Å². The third-order valence-corrected chi connectivity index (χ3v) is 12.1. The van der Waals surface area contributed by atoms with Gasteiger partial charge in [0.1, 0.15) is 0 Å². The van der Waals surface area contributed by atoms with E-state index < -0.39 is 6.29 Å². The van der Waals surface area contributed by atoms with Crippen molar-refractivity contribution in [1.29, 1.82) is 0 Å². The molecule has 5 aliphatic rings. The molecule has 0 spiro atoms. The summed E-state index contributed by atoms with van der Waals surface area (Å²) in [5, 5.41) is 21.8. The van der Waals surface area contributed by atoms with Crippen LogP contribution in [0.3, 0.4) is 0 Å². The van der Waals surface area contributed by atoms with Gasteiger partial charge in [-0.05, 0) is 105 Å². The van der Waals surface area contributed by atoms with Gasteiger partial charge in [0.15, 0.2) is 6.29 Å². The van der Waals surface area contributed by atoms with Gasteiger partial charge in [-0.3, -0.25) is 0 Å². The number of allylic oxidation sites excluding steroid dienone is 3. The van der Waals surface area contributed by atoms with Crippen molar-refractivity contribution in [3.63, 3.8) is 0 Å². The van der Waals surface area contributed by atoms with Crippen LogP contribution in [0.25, 0.3) is 0 Å². The first-order valence-electron chi connectivity index (χ1n) is 13.7. The average molecular weight is 457 g/mol. The molecule has 186 valence electrons. The Kier molecular flexibility index (Phi) is 5.60. The highest BCUT2D eigenvalue weighted by Gasteiger charge is 2.66. The molecule has 0 amide bonds.